The molecule has 4 heteroatoms. The van der Waals surface area contributed by atoms with Gasteiger partial charge >= 0.3 is 0 Å². The normalized spacial score (nSPS) is 17.1. The second-order valence-electron chi connectivity index (χ2n) is 4.01. The fourth-order valence-electron chi connectivity index (χ4n) is 1.78. The van der Waals surface area contributed by atoms with E-state index in [4.69, 9.17) is 10.5 Å². The smallest absolute Gasteiger partial charge is 0.195 e. The van der Waals surface area contributed by atoms with Crippen molar-refractivity contribution in [2.75, 3.05) is 12.3 Å². The van der Waals surface area contributed by atoms with Crippen molar-refractivity contribution < 1.29 is 9.53 Å². The number of nitrogens with two attached hydrogens (primary N) is 1. The zero-order valence-electron chi connectivity index (χ0n) is 9.35. The van der Waals surface area contributed by atoms with Crippen molar-refractivity contribution in [1.29, 1.82) is 0 Å². The summed E-state index contributed by atoms with van der Waals surface area (Å²) in [4.78, 5) is 16.1. The first-order chi connectivity index (χ1) is 7.74. The van der Waals surface area contributed by atoms with Gasteiger partial charge in [-0.05, 0) is 37.8 Å². The summed E-state index contributed by atoms with van der Waals surface area (Å²) in [6.45, 7) is 2.45. The number of pyridine rings is 1. The van der Waals surface area contributed by atoms with Gasteiger partial charge in [-0.3, -0.25) is 4.79 Å². The molecule has 0 spiro atoms. The van der Waals surface area contributed by atoms with E-state index in [0.29, 0.717) is 18.1 Å². The lowest BCUT2D eigenvalue weighted by molar-refractivity contribution is 0.0375. The summed E-state index contributed by atoms with van der Waals surface area (Å²) >= 11 is 0. The second kappa shape index (κ2) is 4.61. The topological polar surface area (TPSA) is 65.2 Å². The number of hydrogen-bond donors (Lipinski definition) is 1. The van der Waals surface area contributed by atoms with Gasteiger partial charge in [0.05, 0.1) is 5.56 Å². The van der Waals surface area contributed by atoms with Gasteiger partial charge in [-0.2, -0.15) is 0 Å². The van der Waals surface area contributed by atoms with Gasteiger partial charge in [0.2, 0.25) is 0 Å². The summed E-state index contributed by atoms with van der Waals surface area (Å²) in [6, 6.07) is 3.43. The number of hydrogen-bond acceptors (Lipinski definition) is 4. The molecule has 16 heavy (non-hydrogen) atoms. The van der Waals surface area contributed by atoms with Crippen LogP contribution in [0.2, 0.25) is 0 Å². The SMILES string of the molecule is CCOC(C(=O)c1cccnc1N)C1CC1. The van der Waals surface area contributed by atoms with Crippen molar-refractivity contribution in [3.8, 4) is 0 Å². The lowest BCUT2D eigenvalue weighted by atomic mass is 10.0. The Hall–Kier alpha value is -1.42. The molecule has 1 atom stereocenters. The van der Waals surface area contributed by atoms with Crippen LogP contribution in [0.25, 0.3) is 0 Å². The van der Waals surface area contributed by atoms with Gasteiger partial charge in [-0.25, -0.2) is 4.98 Å². The Morgan fingerprint density at radius 1 is 1.69 bits per heavy atom. The number of ketones is 1. The van der Waals surface area contributed by atoms with Crippen molar-refractivity contribution in [3.05, 3.63) is 23.9 Å². The van der Waals surface area contributed by atoms with Crippen LogP contribution < -0.4 is 5.73 Å². The molecule has 1 saturated carbocycles. The largest absolute Gasteiger partial charge is 0.383 e. The van der Waals surface area contributed by atoms with E-state index in [1.807, 2.05) is 6.92 Å². The van der Waals surface area contributed by atoms with Crippen LogP contribution in [-0.4, -0.2) is 23.5 Å². The Bertz CT molecular complexity index is 388. The van der Waals surface area contributed by atoms with Crippen molar-refractivity contribution >= 4 is 11.6 Å². The Balaban J connectivity index is 2.19. The monoisotopic (exact) mass is 220 g/mol. The average molecular weight is 220 g/mol. The fraction of sp³-hybridized carbons (Fsp3) is 0.500. The number of rotatable bonds is 5. The van der Waals surface area contributed by atoms with Gasteiger partial charge in [-0.1, -0.05) is 0 Å². The molecule has 4 nitrogen and oxygen atoms in total. The number of aromatic nitrogens is 1. The van der Waals surface area contributed by atoms with Crippen LogP contribution in [-0.2, 0) is 4.74 Å². The molecule has 2 N–H and O–H groups in total. The molecular weight excluding hydrogens is 204 g/mol. The Kier molecular flexibility index (Phi) is 3.19. The third kappa shape index (κ3) is 2.22. The summed E-state index contributed by atoms with van der Waals surface area (Å²) in [6.07, 6.45) is 3.38. The minimum Gasteiger partial charge on any atom is -0.383 e. The van der Waals surface area contributed by atoms with Crippen LogP contribution in [0.4, 0.5) is 5.82 Å². The summed E-state index contributed by atoms with van der Waals surface area (Å²) in [7, 11) is 0. The zero-order valence-corrected chi connectivity index (χ0v) is 9.35. The molecule has 1 aromatic heterocycles. The van der Waals surface area contributed by atoms with E-state index in [1.54, 1.807) is 18.3 Å². The molecular formula is C12H16N2O2. The van der Waals surface area contributed by atoms with Crippen molar-refractivity contribution in [2.45, 2.75) is 25.9 Å². The summed E-state index contributed by atoms with van der Waals surface area (Å²) in [5.41, 5.74) is 6.17. The highest BCUT2D eigenvalue weighted by Gasteiger charge is 2.37. The lowest BCUT2D eigenvalue weighted by Gasteiger charge is -2.15. The number of nitrogens with zero attached hydrogens (tertiary/aromatic N) is 1. The molecule has 0 bridgehead atoms. The van der Waals surface area contributed by atoms with E-state index in [9.17, 15) is 4.79 Å². The van der Waals surface area contributed by atoms with Gasteiger partial charge in [0, 0.05) is 12.8 Å². The maximum absolute atomic E-state index is 12.2. The number of carbonyl (C=O) groups excluding carboxylic acids is 1. The zero-order chi connectivity index (χ0) is 11.5. The predicted octanol–water partition coefficient (Wildman–Crippen LogP) is 1.66. The summed E-state index contributed by atoms with van der Waals surface area (Å²) in [5.74, 6) is 0.625. The Morgan fingerprint density at radius 2 is 2.44 bits per heavy atom. The minimum absolute atomic E-state index is 0.0325. The first-order valence-corrected chi connectivity index (χ1v) is 5.60. The number of nitrogen functional groups attached to an aromatic ring is 1. The fourth-order valence-corrected chi connectivity index (χ4v) is 1.78. The molecule has 1 fully saturated rings. The third-order valence-corrected chi connectivity index (χ3v) is 2.76. The van der Waals surface area contributed by atoms with Crippen molar-refractivity contribution in [3.63, 3.8) is 0 Å². The number of Topliss-reactive ketones (excluding diaryl/α,β-unsaturated/α-hetero) is 1. The minimum atomic E-state index is -0.337. The first kappa shape index (κ1) is 11.1. The van der Waals surface area contributed by atoms with Crippen LogP contribution in [0.5, 0.6) is 0 Å². The van der Waals surface area contributed by atoms with Crippen LogP contribution in [0, 0.1) is 5.92 Å². The first-order valence-electron chi connectivity index (χ1n) is 5.60. The molecule has 1 unspecified atom stereocenters. The average Bonchev–Trinajstić information content (AvgIpc) is 3.09. The van der Waals surface area contributed by atoms with Crippen molar-refractivity contribution in [1.82, 2.24) is 4.98 Å². The highest BCUT2D eigenvalue weighted by Crippen LogP contribution is 2.36. The van der Waals surface area contributed by atoms with E-state index < -0.39 is 0 Å². The van der Waals surface area contributed by atoms with E-state index in [-0.39, 0.29) is 17.7 Å². The van der Waals surface area contributed by atoms with Crippen LogP contribution in [0.15, 0.2) is 18.3 Å². The molecule has 0 aromatic carbocycles. The molecule has 0 amide bonds. The molecule has 0 aliphatic heterocycles. The molecule has 0 saturated heterocycles. The molecule has 2 rings (SSSR count). The quantitative estimate of drug-likeness (QED) is 0.766. The number of carbonyl (C=O) groups is 1. The van der Waals surface area contributed by atoms with Crippen molar-refractivity contribution in [2.24, 2.45) is 5.92 Å². The van der Waals surface area contributed by atoms with Gasteiger partial charge in [0.1, 0.15) is 11.9 Å². The molecule has 86 valence electrons. The van der Waals surface area contributed by atoms with E-state index in [0.717, 1.165) is 12.8 Å². The van der Waals surface area contributed by atoms with E-state index >= 15 is 0 Å². The third-order valence-electron chi connectivity index (χ3n) is 2.76. The summed E-state index contributed by atoms with van der Waals surface area (Å²) < 4.78 is 5.50. The van der Waals surface area contributed by atoms with Gasteiger partial charge in [0.15, 0.2) is 5.78 Å². The standard InChI is InChI=1S/C12H16N2O2/c1-2-16-11(8-5-6-8)10(15)9-4-3-7-14-12(9)13/h3-4,7-8,11H,2,5-6H2,1H3,(H2,13,14). The second-order valence-corrected chi connectivity index (χ2v) is 4.01. The Labute approximate surface area is 94.8 Å². The predicted molar refractivity (Wildman–Crippen MR) is 61.1 cm³/mol. The highest BCUT2D eigenvalue weighted by molar-refractivity contribution is 6.03. The van der Waals surface area contributed by atoms with Crippen LogP contribution in [0.1, 0.15) is 30.1 Å². The van der Waals surface area contributed by atoms with Gasteiger partial charge in [0.25, 0.3) is 0 Å². The lowest BCUT2D eigenvalue weighted by Crippen LogP contribution is -2.27. The molecule has 1 heterocycles. The number of anilines is 1. The molecule has 1 aliphatic rings. The van der Waals surface area contributed by atoms with Crippen LogP contribution in [0.3, 0.4) is 0 Å². The highest BCUT2D eigenvalue weighted by atomic mass is 16.5. The van der Waals surface area contributed by atoms with Gasteiger partial charge in [-0.15, -0.1) is 0 Å². The molecule has 0 radical (unpaired) electrons. The summed E-state index contributed by atoms with van der Waals surface area (Å²) in [5, 5.41) is 0. The molecule has 1 aromatic rings. The Morgan fingerprint density at radius 3 is 3.00 bits per heavy atom. The number of ether oxygens (including phenoxy) is 1. The molecule has 1 aliphatic carbocycles. The maximum atomic E-state index is 12.2. The van der Waals surface area contributed by atoms with E-state index in [2.05, 4.69) is 4.98 Å². The van der Waals surface area contributed by atoms with E-state index in [1.165, 1.54) is 0 Å². The maximum Gasteiger partial charge on any atom is 0.195 e. The van der Waals surface area contributed by atoms with Gasteiger partial charge < -0.3 is 10.5 Å². The van der Waals surface area contributed by atoms with Crippen LogP contribution >= 0.6 is 0 Å².